The Hall–Kier alpha value is -2.01. The molecule has 3 N–H and O–H groups in total. The van der Waals surface area contributed by atoms with Gasteiger partial charge in [-0.2, -0.15) is 5.10 Å². The highest BCUT2D eigenvalue weighted by atomic mass is 35.5. The SMILES string of the molecule is CCn1nc(C)cc1COc1cccc(Cl)c1C(=N)N. The molecule has 1 heterocycles. The minimum Gasteiger partial charge on any atom is -0.486 e. The first kappa shape index (κ1) is 14.4. The van der Waals surface area contributed by atoms with Gasteiger partial charge in [-0.05, 0) is 32.0 Å². The number of nitrogens with two attached hydrogens (primary N) is 1. The Labute approximate surface area is 122 Å². The van der Waals surface area contributed by atoms with Gasteiger partial charge in [-0.3, -0.25) is 10.1 Å². The molecule has 1 aromatic carbocycles. The Bertz CT molecular complexity index is 636. The molecule has 0 aliphatic carbocycles. The Kier molecular flexibility index (Phi) is 4.29. The molecule has 0 amide bonds. The van der Waals surface area contributed by atoms with E-state index in [1.807, 2.05) is 24.6 Å². The number of nitrogens with zero attached hydrogens (tertiary/aromatic N) is 2. The minimum absolute atomic E-state index is 0.106. The number of hydrogen-bond acceptors (Lipinski definition) is 3. The van der Waals surface area contributed by atoms with Gasteiger partial charge in [0, 0.05) is 6.54 Å². The smallest absolute Gasteiger partial charge is 0.132 e. The number of amidine groups is 1. The maximum absolute atomic E-state index is 7.58. The van der Waals surface area contributed by atoms with Crippen molar-refractivity contribution in [1.82, 2.24) is 9.78 Å². The van der Waals surface area contributed by atoms with Gasteiger partial charge in [0.05, 0.1) is 22.0 Å². The second-order valence-electron chi connectivity index (χ2n) is 4.41. The van der Waals surface area contributed by atoms with Crippen molar-refractivity contribution in [2.45, 2.75) is 27.0 Å². The number of nitrogens with one attached hydrogen (secondary N) is 1. The molecule has 6 heteroatoms. The van der Waals surface area contributed by atoms with E-state index in [4.69, 9.17) is 27.5 Å². The molecule has 0 spiro atoms. The topological polar surface area (TPSA) is 76.9 Å². The summed E-state index contributed by atoms with van der Waals surface area (Å²) in [4.78, 5) is 0. The fourth-order valence-corrected chi connectivity index (χ4v) is 2.29. The van der Waals surface area contributed by atoms with Crippen LogP contribution in [-0.2, 0) is 13.2 Å². The van der Waals surface area contributed by atoms with Crippen molar-refractivity contribution in [3.05, 3.63) is 46.2 Å². The molecule has 0 atom stereocenters. The van der Waals surface area contributed by atoms with Crippen LogP contribution in [0.2, 0.25) is 5.02 Å². The standard InChI is InChI=1S/C14H17ClN4O/c1-3-19-10(7-9(2)18-19)8-20-12-6-4-5-11(15)13(12)14(16)17/h4-7H,3,8H2,1-2H3,(H3,16,17). The van der Waals surface area contributed by atoms with Crippen molar-refractivity contribution in [2.24, 2.45) is 5.73 Å². The highest BCUT2D eigenvalue weighted by Crippen LogP contribution is 2.26. The molecule has 0 bridgehead atoms. The van der Waals surface area contributed by atoms with E-state index in [0.29, 0.717) is 22.9 Å². The first-order valence-electron chi connectivity index (χ1n) is 6.32. The lowest BCUT2D eigenvalue weighted by atomic mass is 10.2. The van der Waals surface area contributed by atoms with E-state index in [2.05, 4.69) is 5.10 Å². The Balaban J connectivity index is 2.23. The number of ether oxygens (including phenoxy) is 1. The number of benzene rings is 1. The Morgan fingerprint density at radius 2 is 2.25 bits per heavy atom. The number of aromatic nitrogens is 2. The van der Waals surface area contributed by atoms with Crippen LogP contribution in [0.3, 0.4) is 0 Å². The molecule has 0 unspecified atom stereocenters. The molecule has 0 saturated carbocycles. The lowest BCUT2D eigenvalue weighted by Crippen LogP contribution is -2.14. The maximum atomic E-state index is 7.58. The third-order valence-electron chi connectivity index (χ3n) is 2.91. The molecule has 0 aliphatic rings. The lowest BCUT2D eigenvalue weighted by molar-refractivity contribution is 0.292. The summed E-state index contributed by atoms with van der Waals surface area (Å²) in [5.74, 6) is 0.400. The first-order valence-corrected chi connectivity index (χ1v) is 6.69. The van der Waals surface area contributed by atoms with E-state index in [-0.39, 0.29) is 5.84 Å². The van der Waals surface area contributed by atoms with Crippen molar-refractivity contribution in [3.8, 4) is 5.75 Å². The molecule has 0 aliphatic heterocycles. The molecule has 0 fully saturated rings. The minimum atomic E-state index is -0.106. The monoisotopic (exact) mass is 292 g/mol. The lowest BCUT2D eigenvalue weighted by Gasteiger charge is -2.12. The highest BCUT2D eigenvalue weighted by Gasteiger charge is 2.12. The van der Waals surface area contributed by atoms with Gasteiger partial charge >= 0.3 is 0 Å². The van der Waals surface area contributed by atoms with Crippen LogP contribution in [0.4, 0.5) is 0 Å². The van der Waals surface area contributed by atoms with Crippen LogP contribution in [-0.4, -0.2) is 15.6 Å². The fraction of sp³-hybridized carbons (Fsp3) is 0.286. The summed E-state index contributed by atoms with van der Waals surface area (Å²) < 4.78 is 7.64. The first-order chi connectivity index (χ1) is 9.52. The summed E-state index contributed by atoms with van der Waals surface area (Å²) in [6, 6.07) is 7.18. The molecule has 20 heavy (non-hydrogen) atoms. The summed E-state index contributed by atoms with van der Waals surface area (Å²) in [6.07, 6.45) is 0. The molecular weight excluding hydrogens is 276 g/mol. The quantitative estimate of drug-likeness (QED) is 0.657. The zero-order chi connectivity index (χ0) is 14.7. The van der Waals surface area contributed by atoms with Gasteiger partial charge in [0.1, 0.15) is 18.2 Å². The fourth-order valence-electron chi connectivity index (χ4n) is 2.03. The van der Waals surface area contributed by atoms with Gasteiger partial charge in [-0.1, -0.05) is 17.7 Å². The molecule has 2 aromatic rings. The zero-order valence-corrected chi connectivity index (χ0v) is 12.2. The van der Waals surface area contributed by atoms with Crippen LogP contribution in [0.1, 0.15) is 23.9 Å². The summed E-state index contributed by atoms with van der Waals surface area (Å²) >= 11 is 6.05. The summed E-state index contributed by atoms with van der Waals surface area (Å²) in [5.41, 5.74) is 7.89. The van der Waals surface area contributed by atoms with Gasteiger partial charge in [0.2, 0.25) is 0 Å². The second-order valence-corrected chi connectivity index (χ2v) is 4.82. The van der Waals surface area contributed by atoms with Gasteiger partial charge in [0.15, 0.2) is 0 Å². The third kappa shape index (κ3) is 2.93. The van der Waals surface area contributed by atoms with Crippen molar-refractivity contribution >= 4 is 17.4 Å². The number of aryl methyl sites for hydroxylation is 2. The van der Waals surface area contributed by atoms with Crippen molar-refractivity contribution in [1.29, 1.82) is 5.41 Å². The summed E-state index contributed by atoms with van der Waals surface area (Å²) in [7, 11) is 0. The van der Waals surface area contributed by atoms with E-state index < -0.39 is 0 Å². The van der Waals surface area contributed by atoms with E-state index in [0.717, 1.165) is 17.9 Å². The molecule has 5 nitrogen and oxygen atoms in total. The number of hydrogen-bond donors (Lipinski definition) is 2. The van der Waals surface area contributed by atoms with E-state index in [1.165, 1.54) is 0 Å². The van der Waals surface area contributed by atoms with Crippen molar-refractivity contribution in [2.75, 3.05) is 0 Å². The van der Waals surface area contributed by atoms with Gasteiger partial charge in [0.25, 0.3) is 0 Å². The predicted octanol–water partition coefficient (Wildman–Crippen LogP) is 2.73. The largest absolute Gasteiger partial charge is 0.486 e. The van der Waals surface area contributed by atoms with Crippen LogP contribution in [0, 0.1) is 12.3 Å². The Morgan fingerprint density at radius 3 is 2.90 bits per heavy atom. The average Bonchev–Trinajstić information content (AvgIpc) is 2.76. The second kappa shape index (κ2) is 5.96. The number of nitrogen functional groups attached to an aromatic ring is 1. The summed E-state index contributed by atoms with van der Waals surface area (Å²) in [6.45, 7) is 5.10. The van der Waals surface area contributed by atoms with Crippen molar-refractivity contribution < 1.29 is 4.74 Å². The normalized spacial score (nSPS) is 10.6. The van der Waals surface area contributed by atoms with Gasteiger partial charge in [-0.25, -0.2) is 0 Å². The third-order valence-corrected chi connectivity index (χ3v) is 3.22. The van der Waals surface area contributed by atoms with Gasteiger partial charge in [-0.15, -0.1) is 0 Å². The van der Waals surface area contributed by atoms with E-state index in [9.17, 15) is 0 Å². The van der Waals surface area contributed by atoms with E-state index >= 15 is 0 Å². The summed E-state index contributed by atoms with van der Waals surface area (Å²) in [5, 5.41) is 12.4. The van der Waals surface area contributed by atoms with Crippen LogP contribution >= 0.6 is 11.6 Å². The predicted molar refractivity (Wildman–Crippen MR) is 79.4 cm³/mol. The molecule has 0 saturated heterocycles. The van der Waals surface area contributed by atoms with E-state index in [1.54, 1.807) is 18.2 Å². The molecule has 2 rings (SSSR count). The van der Waals surface area contributed by atoms with Crippen molar-refractivity contribution in [3.63, 3.8) is 0 Å². The van der Waals surface area contributed by atoms with Crippen LogP contribution in [0.15, 0.2) is 24.3 Å². The number of rotatable bonds is 5. The molecule has 106 valence electrons. The number of halogens is 1. The van der Waals surface area contributed by atoms with Crippen LogP contribution in [0.5, 0.6) is 5.75 Å². The average molecular weight is 293 g/mol. The highest BCUT2D eigenvalue weighted by molar-refractivity contribution is 6.34. The molecule has 0 radical (unpaired) electrons. The maximum Gasteiger partial charge on any atom is 0.132 e. The van der Waals surface area contributed by atoms with Crippen LogP contribution < -0.4 is 10.5 Å². The molecular formula is C14H17ClN4O. The zero-order valence-electron chi connectivity index (χ0n) is 11.5. The van der Waals surface area contributed by atoms with Crippen LogP contribution in [0.25, 0.3) is 0 Å². The Morgan fingerprint density at radius 1 is 1.50 bits per heavy atom. The molecule has 1 aromatic heterocycles. The van der Waals surface area contributed by atoms with Gasteiger partial charge < -0.3 is 10.5 Å².